The van der Waals surface area contributed by atoms with Gasteiger partial charge >= 0.3 is 5.69 Å². The molecule has 5 heteroatoms. The first-order chi connectivity index (χ1) is 8.65. The van der Waals surface area contributed by atoms with Crippen molar-refractivity contribution in [3.05, 3.63) is 46.5 Å². The van der Waals surface area contributed by atoms with E-state index < -0.39 is 5.69 Å². The van der Waals surface area contributed by atoms with E-state index >= 15 is 0 Å². The second-order valence-electron chi connectivity index (χ2n) is 3.74. The molecule has 0 atom stereocenters. The van der Waals surface area contributed by atoms with Gasteiger partial charge in [0.25, 0.3) is 0 Å². The fourth-order valence-electron chi connectivity index (χ4n) is 1.62. The zero-order chi connectivity index (χ0) is 13.1. The number of aromatic nitrogens is 2. The molecular weight excluding hydrogens is 230 g/mol. The van der Waals surface area contributed by atoms with E-state index in [4.69, 9.17) is 10.00 Å². The highest BCUT2D eigenvalue weighted by Gasteiger charge is 2.09. The molecule has 2 aromatic rings. The Morgan fingerprint density at radius 1 is 1.44 bits per heavy atom. The van der Waals surface area contributed by atoms with Crippen LogP contribution in [-0.2, 0) is 7.05 Å². The maximum atomic E-state index is 11.5. The minimum atomic E-state index is -0.396. The van der Waals surface area contributed by atoms with Gasteiger partial charge in [-0.25, -0.2) is 4.79 Å². The Balaban J connectivity index is 2.67. The largest absolute Gasteiger partial charge is 0.497 e. The second kappa shape index (κ2) is 4.72. The van der Waals surface area contributed by atoms with E-state index in [0.717, 1.165) is 0 Å². The molecule has 1 aromatic carbocycles. The van der Waals surface area contributed by atoms with E-state index in [2.05, 4.69) is 4.98 Å². The fourth-order valence-corrected chi connectivity index (χ4v) is 1.62. The Morgan fingerprint density at radius 3 is 2.89 bits per heavy atom. The summed E-state index contributed by atoms with van der Waals surface area (Å²) in [6.45, 7) is 0. The van der Waals surface area contributed by atoms with Gasteiger partial charge < -0.3 is 9.30 Å². The molecule has 0 spiro atoms. The van der Waals surface area contributed by atoms with E-state index in [1.807, 2.05) is 6.07 Å². The number of nitrogens with zero attached hydrogens (tertiary/aromatic N) is 3. The first kappa shape index (κ1) is 11.9. The third-order valence-electron chi connectivity index (χ3n) is 2.55. The van der Waals surface area contributed by atoms with Crippen LogP contribution in [0.4, 0.5) is 0 Å². The molecule has 0 unspecified atom stereocenters. The van der Waals surface area contributed by atoms with Crippen LogP contribution in [0.5, 0.6) is 5.75 Å². The lowest BCUT2D eigenvalue weighted by atomic mass is 10.1. The number of rotatable bonds is 2. The van der Waals surface area contributed by atoms with Crippen molar-refractivity contribution in [2.75, 3.05) is 7.11 Å². The molecule has 0 saturated heterocycles. The molecule has 0 N–H and O–H groups in total. The number of aryl methyl sites for hydroxylation is 1. The van der Waals surface area contributed by atoms with Crippen molar-refractivity contribution < 1.29 is 4.74 Å². The van der Waals surface area contributed by atoms with Gasteiger partial charge in [0.15, 0.2) is 0 Å². The Morgan fingerprint density at radius 2 is 2.22 bits per heavy atom. The van der Waals surface area contributed by atoms with Crippen LogP contribution in [0.1, 0.15) is 5.56 Å². The molecule has 0 bridgehead atoms. The zero-order valence-corrected chi connectivity index (χ0v) is 10.0. The molecule has 0 fully saturated rings. The Hall–Kier alpha value is -2.61. The molecule has 0 aliphatic carbocycles. The van der Waals surface area contributed by atoms with Crippen LogP contribution in [0.3, 0.4) is 0 Å². The first-order valence-electron chi connectivity index (χ1n) is 5.28. The summed E-state index contributed by atoms with van der Waals surface area (Å²) in [5, 5.41) is 9.08. The maximum absolute atomic E-state index is 11.5. The van der Waals surface area contributed by atoms with Crippen molar-refractivity contribution in [3.8, 4) is 23.1 Å². The number of benzene rings is 1. The van der Waals surface area contributed by atoms with Gasteiger partial charge in [-0.1, -0.05) is 12.1 Å². The van der Waals surface area contributed by atoms with Crippen LogP contribution < -0.4 is 10.4 Å². The molecule has 0 radical (unpaired) electrons. The van der Waals surface area contributed by atoms with Gasteiger partial charge in [-0.2, -0.15) is 10.2 Å². The van der Waals surface area contributed by atoms with Gasteiger partial charge in [0.05, 0.1) is 18.4 Å². The smallest absolute Gasteiger partial charge is 0.347 e. The average molecular weight is 241 g/mol. The monoisotopic (exact) mass is 241 g/mol. The van der Waals surface area contributed by atoms with Crippen LogP contribution in [0.15, 0.2) is 35.3 Å². The quantitative estimate of drug-likeness (QED) is 0.795. The van der Waals surface area contributed by atoms with Crippen molar-refractivity contribution in [3.63, 3.8) is 0 Å². The van der Waals surface area contributed by atoms with Crippen LogP contribution in [0, 0.1) is 11.3 Å². The molecule has 1 aromatic heterocycles. The van der Waals surface area contributed by atoms with Crippen molar-refractivity contribution in [2.24, 2.45) is 7.05 Å². The van der Waals surface area contributed by atoms with E-state index in [1.54, 1.807) is 38.4 Å². The number of hydrogen-bond donors (Lipinski definition) is 0. The zero-order valence-electron chi connectivity index (χ0n) is 10.0. The van der Waals surface area contributed by atoms with Crippen LogP contribution in [0.25, 0.3) is 11.3 Å². The minimum Gasteiger partial charge on any atom is -0.497 e. The maximum Gasteiger partial charge on any atom is 0.347 e. The Kier molecular flexibility index (Phi) is 3.11. The Bertz CT molecular complexity index is 683. The summed E-state index contributed by atoms with van der Waals surface area (Å²) in [4.78, 5) is 15.5. The first-order valence-corrected chi connectivity index (χ1v) is 5.28. The van der Waals surface area contributed by atoms with E-state index in [-0.39, 0.29) is 0 Å². The van der Waals surface area contributed by atoms with E-state index in [0.29, 0.717) is 22.6 Å². The highest BCUT2D eigenvalue weighted by Crippen LogP contribution is 2.23. The Labute approximate surface area is 104 Å². The number of nitriles is 1. The summed E-state index contributed by atoms with van der Waals surface area (Å²) < 4.78 is 6.39. The summed E-state index contributed by atoms with van der Waals surface area (Å²) in [6, 6.07) is 9.13. The van der Waals surface area contributed by atoms with Gasteiger partial charge in [0.2, 0.25) is 0 Å². The van der Waals surface area contributed by atoms with Gasteiger partial charge in [-0.05, 0) is 12.1 Å². The van der Waals surface area contributed by atoms with Crippen molar-refractivity contribution in [2.45, 2.75) is 0 Å². The number of methoxy groups -OCH3 is 1. The predicted molar refractivity (Wildman–Crippen MR) is 66.2 cm³/mol. The molecule has 0 saturated carbocycles. The number of hydrogen-bond acceptors (Lipinski definition) is 4. The van der Waals surface area contributed by atoms with Crippen LogP contribution in [-0.4, -0.2) is 16.7 Å². The molecule has 1 heterocycles. The lowest BCUT2D eigenvalue weighted by Crippen LogP contribution is -2.20. The van der Waals surface area contributed by atoms with Gasteiger partial charge in [-0.3, -0.25) is 0 Å². The van der Waals surface area contributed by atoms with Crippen molar-refractivity contribution >= 4 is 0 Å². The molecule has 0 amide bonds. The molecule has 90 valence electrons. The minimum absolute atomic E-state index is 0.352. The van der Waals surface area contributed by atoms with E-state index in [1.165, 1.54) is 10.8 Å². The number of ether oxygens (including phenoxy) is 1. The van der Waals surface area contributed by atoms with Crippen LogP contribution in [0.2, 0.25) is 0 Å². The van der Waals surface area contributed by atoms with Crippen molar-refractivity contribution in [1.29, 1.82) is 5.26 Å². The van der Waals surface area contributed by atoms with Crippen molar-refractivity contribution in [1.82, 2.24) is 9.55 Å². The molecule has 5 nitrogen and oxygen atoms in total. The molecule has 18 heavy (non-hydrogen) atoms. The average Bonchev–Trinajstić information content (AvgIpc) is 2.41. The van der Waals surface area contributed by atoms with Gasteiger partial charge in [0, 0.05) is 18.8 Å². The SMILES string of the molecule is COc1cccc(-c2nc(=O)n(C)cc2C#N)c1. The molecule has 0 aliphatic heterocycles. The highest BCUT2D eigenvalue weighted by molar-refractivity contribution is 5.67. The summed E-state index contributed by atoms with van der Waals surface area (Å²) in [6.07, 6.45) is 1.48. The standard InChI is InChI=1S/C13H11N3O2/c1-16-8-10(7-14)12(15-13(16)17)9-4-3-5-11(6-9)18-2/h3-6,8H,1-2H3. The lowest BCUT2D eigenvalue weighted by Gasteiger charge is -2.06. The third kappa shape index (κ3) is 2.09. The normalized spacial score (nSPS) is 9.83. The third-order valence-corrected chi connectivity index (χ3v) is 2.55. The van der Waals surface area contributed by atoms with Crippen LogP contribution >= 0.6 is 0 Å². The summed E-state index contributed by atoms with van der Waals surface area (Å²) in [5.74, 6) is 0.652. The second-order valence-corrected chi connectivity index (χ2v) is 3.74. The highest BCUT2D eigenvalue weighted by atomic mass is 16.5. The summed E-state index contributed by atoms with van der Waals surface area (Å²) >= 11 is 0. The summed E-state index contributed by atoms with van der Waals surface area (Å²) in [7, 11) is 3.12. The predicted octanol–water partition coefficient (Wildman–Crippen LogP) is 1.33. The lowest BCUT2D eigenvalue weighted by molar-refractivity contribution is 0.415. The molecular formula is C13H11N3O2. The molecule has 0 aliphatic rings. The van der Waals surface area contributed by atoms with Gasteiger partial charge in [-0.15, -0.1) is 0 Å². The van der Waals surface area contributed by atoms with E-state index in [9.17, 15) is 4.79 Å². The fraction of sp³-hybridized carbons (Fsp3) is 0.154. The summed E-state index contributed by atoms with van der Waals surface area (Å²) in [5.41, 5.74) is 1.01. The van der Waals surface area contributed by atoms with Gasteiger partial charge in [0.1, 0.15) is 11.8 Å². The topological polar surface area (TPSA) is 67.9 Å². The molecule has 2 rings (SSSR count).